The van der Waals surface area contributed by atoms with Gasteiger partial charge in [0.1, 0.15) is 5.82 Å². The number of rotatable bonds is 4. The van der Waals surface area contributed by atoms with Crippen molar-refractivity contribution < 1.29 is 0 Å². The van der Waals surface area contributed by atoms with Gasteiger partial charge in [-0.2, -0.15) is 5.26 Å². The highest BCUT2D eigenvalue weighted by Crippen LogP contribution is 2.39. The molecule has 1 aliphatic rings. The SMILES string of the molecule is CC(Cl)c1nc2ccc(C#N)cc2n1C(C)CC1CC1. The van der Waals surface area contributed by atoms with Gasteiger partial charge in [0, 0.05) is 6.04 Å². The van der Waals surface area contributed by atoms with Crippen molar-refractivity contribution in [3.8, 4) is 6.07 Å². The number of alkyl halides is 1. The molecule has 1 aliphatic carbocycles. The average Bonchev–Trinajstić information content (AvgIpc) is 3.15. The third-order valence-corrected chi connectivity index (χ3v) is 4.21. The normalized spacial score (nSPS) is 17.9. The smallest absolute Gasteiger partial charge is 0.127 e. The van der Waals surface area contributed by atoms with Gasteiger partial charge in [-0.05, 0) is 44.4 Å². The number of hydrogen-bond acceptors (Lipinski definition) is 2. The van der Waals surface area contributed by atoms with Gasteiger partial charge >= 0.3 is 0 Å². The second-order valence-electron chi connectivity index (χ2n) is 5.80. The van der Waals surface area contributed by atoms with Gasteiger partial charge in [-0.15, -0.1) is 11.6 Å². The molecule has 0 aliphatic heterocycles. The van der Waals surface area contributed by atoms with Gasteiger partial charge in [-0.3, -0.25) is 0 Å². The van der Waals surface area contributed by atoms with Crippen molar-refractivity contribution in [2.24, 2.45) is 5.92 Å². The quantitative estimate of drug-likeness (QED) is 0.773. The van der Waals surface area contributed by atoms with Crippen LogP contribution in [-0.4, -0.2) is 9.55 Å². The molecule has 0 amide bonds. The van der Waals surface area contributed by atoms with Crippen LogP contribution in [0.15, 0.2) is 18.2 Å². The maximum Gasteiger partial charge on any atom is 0.127 e. The Morgan fingerprint density at radius 1 is 1.45 bits per heavy atom. The van der Waals surface area contributed by atoms with Gasteiger partial charge in [0.25, 0.3) is 0 Å². The zero-order valence-corrected chi connectivity index (χ0v) is 12.6. The maximum atomic E-state index is 9.09. The Labute approximate surface area is 124 Å². The van der Waals surface area contributed by atoms with Crippen molar-refractivity contribution in [3.05, 3.63) is 29.6 Å². The Morgan fingerprint density at radius 2 is 2.20 bits per heavy atom. The van der Waals surface area contributed by atoms with Crippen LogP contribution in [0.1, 0.15) is 55.9 Å². The predicted molar refractivity (Wildman–Crippen MR) is 80.8 cm³/mol. The standard InChI is InChI=1S/C16H18ClN3/c1-10(7-12-3-4-12)20-15-8-13(9-18)5-6-14(15)19-16(20)11(2)17/h5-6,8,10-12H,3-4,7H2,1-2H3. The van der Waals surface area contributed by atoms with Gasteiger partial charge < -0.3 is 4.57 Å². The highest BCUT2D eigenvalue weighted by molar-refractivity contribution is 6.20. The average molecular weight is 288 g/mol. The van der Waals surface area contributed by atoms with Gasteiger partial charge in [0.15, 0.2) is 0 Å². The van der Waals surface area contributed by atoms with Crippen LogP contribution in [-0.2, 0) is 0 Å². The van der Waals surface area contributed by atoms with E-state index in [4.69, 9.17) is 16.9 Å². The number of nitrogens with zero attached hydrogens (tertiary/aromatic N) is 3. The second kappa shape index (κ2) is 5.10. The van der Waals surface area contributed by atoms with Crippen molar-refractivity contribution in [1.29, 1.82) is 5.26 Å². The van der Waals surface area contributed by atoms with Crippen LogP contribution >= 0.6 is 11.6 Å². The fourth-order valence-corrected chi connectivity index (χ4v) is 3.02. The molecule has 2 unspecified atom stereocenters. The Morgan fingerprint density at radius 3 is 2.80 bits per heavy atom. The topological polar surface area (TPSA) is 41.6 Å². The summed E-state index contributed by atoms with van der Waals surface area (Å²) in [7, 11) is 0. The van der Waals surface area contributed by atoms with Crippen LogP contribution in [0.4, 0.5) is 0 Å². The van der Waals surface area contributed by atoms with E-state index in [0.717, 1.165) is 22.8 Å². The summed E-state index contributed by atoms with van der Waals surface area (Å²) in [4.78, 5) is 4.66. The number of hydrogen-bond donors (Lipinski definition) is 0. The summed E-state index contributed by atoms with van der Waals surface area (Å²) < 4.78 is 2.23. The van der Waals surface area contributed by atoms with Crippen molar-refractivity contribution in [3.63, 3.8) is 0 Å². The van der Waals surface area contributed by atoms with E-state index in [1.807, 2.05) is 25.1 Å². The van der Waals surface area contributed by atoms with Gasteiger partial charge in [-0.25, -0.2) is 4.98 Å². The highest BCUT2D eigenvalue weighted by atomic mass is 35.5. The molecule has 20 heavy (non-hydrogen) atoms. The lowest BCUT2D eigenvalue weighted by Gasteiger charge is -2.18. The summed E-state index contributed by atoms with van der Waals surface area (Å²) in [6.45, 7) is 4.18. The fraction of sp³-hybridized carbons (Fsp3) is 0.500. The predicted octanol–water partition coefficient (Wildman–Crippen LogP) is 4.57. The first-order valence-electron chi connectivity index (χ1n) is 7.16. The first-order valence-corrected chi connectivity index (χ1v) is 7.60. The molecule has 1 saturated carbocycles. The molecule has 1 fully saturated rings. The van der Waals surface area contributed by atoms with Crippen LogP contribution in [0.5, 0.6) is 0 Å². The molecular weight excluding hydrogens is 270 g/mol. The zero-order chi connectivity index (χ0) is 14.3. The van der Waals surface area contributed by atoms with Crippen molar-refractivity contribution in [2.45, 2.75) is 44.5 Å². The number of nitriles is 1. The van der Waals surface area contributed by atoms with E-state index >= 15 is 0 Å². The lowest BCUT2D eigenvalue weighted by Crippen LogP contribution is -2.10. The van der Waals surface area contributed by atoms with Gasteiger partial charge in [-0.1, -0.05) is 12.8 Å². The molecule has 104 valence electrons. The summed E-state index contributed by atoms with van der Waals surface area (Å²) >= 11 is 6.30. The molecule has 1 heterocycles. The molecule has 2 atom stereocenters. The lowest BCUT2D eigenvalue weighted by molar-refractivity contribution is 0.472. The summed E-state index contributed by atoms with van der Waals surface area (Å²) in [5.41, 5.74) is 2.62. The summed E-state index contributed by atoms with van der Waals surface area (Å²) in [5, 5.41) is 8.96. The van der Waals surface area contributed by atoms with E-state index < -0.39 is 0 Å². The Kier molecular flexibility index (Phi) is 3.43. The Bertz CT molecular complexity index is 677. The molecule has 0 bridgehead atoms. The molecule has 4 heteroatoms. The monoisotopic (exact) mass is 287 g/mol. The van der Waals surface area contributed by atoms with E-state index in [1.165, 1.54) is 19.3 Å². The molecule has 0 radical (unpaired) electrons. The van der Waals surface area contributed by atoms with E-state index in [9.17, 15) is 0 Å². The minimum absolute atomic E-state index is 0.130. The second-order valence-corrected chi connectivity index (χ2v) is 6.45. The van der Waals surface area contributed by atoms with Gasteiger partial charge in [0.2, 0.25) is 0 Å². The van der Waals surface area contributed by atoms with Crippen LogP contribution < -0.4 is 0 Å². The van der Waals surface area contributed by atoms with Crippen molar-refractivity contribution in [1.82, 2.24) is 9.55 Å². The first kappa shape index (κ1) is 13.5. The summed E-state index contributed by atoms with van der Waals surface area (Å²) in [6.07, 6.45) is 3.84. The highest BCUT2D eigenvalue weighted by Gasteiger charge is 2.27. The van der Waals surface area contributed by atoms with Gasteiger partial charge in [0.05, 0.1) is 28.0 Å². The summed E-state index contributed by atoms with van der Waals surface area (Å²) in [5.74, 6) is 1.75. The third kappa shape index (κ3) is 2.41. The Hall–Kier alpha value is -1.53. The van der Waals surface area contributed by atoms with E-state index in [0.29, 0.717) is 11.6 Å². The Balaban J connectivity index is 2.13. The molecule has 3 nitrogen and oxygen atoms in total. The molecule has 0 spiro atoms. The lowest BCUT2D eigenvalue weighted by atomic mass is 10.1. The number of fused-ring (bicyclic) bond motifs is 1. The van der Waals surface area contributed by atoms with E-state index in [-0.39, 0.29) is 5.38 Å². The molecule has 0 N–H and O–H groups in total. The number of aromatic nitrogens is 2. The van der Waals surface area contributed by atoms with E-state index in [2.05, 4.69) is 22.5 Å². The summed E-state index contributed by atoms with van der Waals surface area (Å²) in [6, 6.07) is 8.23. The van der Waals surface area contributed by atoms with Crippen LogP contribution in [0.25, 0.3) is 11.0 Å². The van der Waals surface area contributed by atoms with E-state index in [1.54, 1.807) is 0 Å². The van der Waals surface area contributed by atoms with Crippen LogP contribution in [0.2, 0.25) is 0 Å². The maximum absolute atomic E-state index is 9.09. The number of benzene rings is 1. The van der Waals surface area contributed by atoms with Crippen molar-refractivity contribution in [2.75, 3.05) is 0 Å². The minimum atomic E-state index is -0.130. The minimum Gasteiger partial charge on any atom is -0.324 e. The van der Waals surface area contributed by atoms with Crippen LogP contribution in [0.3, 0.4) is 0 Å². The molecular formula is C16H18ClN3. The first-order chi connectivity index (χ1) is 9.60. The number of imidazole rings is 1. The van der Waals surface area contributed by atoms with Crippen molar-refractivity contribution >= 4 is 22.6 Å². The largest absolute Gasteiger partial charge is 0.324 e. The molecule has 1 aromatic carbocycles. The number of halogens is 1. The fourth-order valence-electron chi connectivity index (χ4n) is 2.87. The molecule has 0 saturated heterocycles. The molecule has 3 rings (SSSR count). The third-order valence-electron chi connectivity index (χ3n) is 4.01. The molecule has 1 aromatic heterocycles. The zero-order valence-electron chi connectivity index (χ0n) is 11.8. The molecule has 2 aromatic rings. The van der Waals surface area contributed by atoms with Crippen LogP contribution in [0, 0.1) is 17.2 Å².